The van der Waals surface area contributed by atoms with Crippen molar-refractivity contribution < 1.29 is 28.2 Å². The predicted molar refractivity (Wildman–Crippen MR) is 148 cm³/mol. The van der Waals surface area contributed by atoms with Gasteiger partial charge >= 0.3 is 5.97 Å². The minimum absolute atomic E-state index is 0.0212. The number of benzene rings is 2. The molecule has 1 aromatic heterocycles. The van der Waals surface area contributed by atoms with Crippen LogP contribution in [0.25, 0.3) is 10.9 Å². The highest BCUT2D eigenvalue weighted by Gasteiger charge is 2.36. The van der Waals surface area contributed by atoms with Crippen molar-refractivity contribution in [3.05, 3.63) is 59.7 Å². The molecule has 1 atom stereocenters. The fourth-order valence-corrected chi connectivity index (χ4v) is 4.45. The molecule has 1 amide bonds. The standard InChI is InChI=1S/C28H29ClFN5O5/c1-28(38-2)15-35(13-26(37)40-28)9-3-4-25(36)34-23-11-19-22(12-24(23)39-14-17-5-6-17)31-16-32-27(19)33-18-7-8-21(30)20(29)10-18/h3-4,7-8,10-12,16-17H,5-6,9,13-15H2,1-2H3,(H,34,36)(H,31,32,33)/t28-/m1/s1. The molecule has 1 saturated carbocycles. The van der Waals surface area contributed by atoms with Crippen LogP contribution in [0.4, 0.5) is 21.6 Å². The van der Waals surface area contributed by atoms with Gasteiger partial charge in [-0.3, -0.25) is 14.5 Å². The summed E-state index contributed by atoms with van der Waals surface area (Å²) in [7, 11) is 1.48. The summed E-state index contributed by atoms with van der Waals surface area (Å²) in [4.78, 5) is 35.4. The number of carbonyl (C=O) groups excluding carboxylic acids is 2. The first kappa shape index (κ1) is 27.8. The number of ether oxygens (including phenoxy) is 3. The van der Waals surface area contributed by atoms with E-state index in [4.69, 9.17) is 25.8 Å². The number of nitrogens with zero attached hydrogens (tertiary/aromatic N) is 3. The van der Waals surface area contributed by atoms with Crippen molar-refractivity contribution in [2.45, 2.75) is 25.6 Å². The molecule has 3 aromatic rings. The van der Waals surface area contributed by atoms with E-state index >= 15 is 0 Å². The van der Waals surface area contributed by atoms with Crippen LogP contribution < -0.4 is 15.4 Å². The molecule has 40 heavy (non-hydrogen) atoms. The molecule has 10 nitrogen and oxygen atoms in total. The van der Waals surface area contributed by atoms with E-state index in [1.165, 1.54) is 31.6 Å². The summed E-state index contributed by atoms with van der Waals surface area (Å²) in [5.74, 6) is -0.881. The first-order chi connectivity index (χ1) is 19.2. The molecule has 1 aliphatic carbocycles. The van der Waals surface area contributed by atoms with Gasteiger partial charge in [0.25, 0.3) is 0 Å². The van der Waals surface area contributed by atoms with Crippen molar-refractivity contribution in [3.63, 3.8) is 0 Å². The smallest absolute Gasteiger partial charge is 0.322 e. The largest absolute Gasteiger partial charge is 0.491 e. The van der Waals surface area contributed by atoms with Crippen LogP contribution >= 0.6 is 11.6 Å². The molecule has 2 N–H and O–H groups in total. The first-order valence-corrected chi connectivity index (χ1v) is 13.2. The molecule has 0 unspecified atom stereocenters. The average Bonchev–Trinajstić information content (AvgIpc) is 3.74. The van der Waals surface area contributed by atoms with Gasteiger partial charge in [0.2, 0.25) is 11.7 Å². The second-order valence-corrected chi connectivity index (χ2v) is 10.4. The van der Waals surface area contributed by atoms with Gasteiger partial charge in [-0.1, -0.05) is 17.7 Å². The van der Waals surface area contributed by atoms with Crippen LogP contribution in [-0.4, -0.2) is 65.9 Å². The Morgan fingerprint density at radius 2 is 2.12 bits per heavy atom. The maximum atomic E-state index is 13.6. The zero-order chi connectivity index (χ0) is 28.3. The molecular weight excluding hydrogens is 541 g/mol. The third kappa shape index (κ3) is 6.85. The number of amides is 1. The monoisotopic (exact) mass is 569 g/mol. The lowest BCUT2D eigenvalue weighted by Gasteiger charge is -2.37. The summed E-state index contributed by atoms with van der Waals surface area (Å²) in [5, 5.41) is 6.62. The molecule has 2 aromatic carbocycles. The minimum atomic E-state index is -1.03. The fraction of sp³-hybridized carbons (Fsp3) is 0.357. The van der Waals surface area contributed by atoms with Crippen LogP contribution in [0, 0.1) is 11.7 Å². The van der Waals surface area contributed by atoms with Crippen LogP contribution in [0.15, 0.2) is 48.8 Å². The van der Waals surface area contributed by atoms with E-state index in [-0.39, 0.29) is 17.5 Å². The number of cyclic esters (lactones) is 1. The molecular formula is C28H29ClFN5O5. The Hall–Kier alpha value is -3.80. The first-order valence-electron chi connectivity index (χ1n) is 12.8. The minimum Gasteiger partial charge on any atom is -0.491 e. The number of hydrogen-bond acceptors (Lipinski definition) is 9. The van der Waals surface area contributed by atoms with Crippen molar-refractivity contribution in [1.29, 1.82) is 0 Å². The predicted octanol–water partition coefficient (Wildman–Crippen LogP) is 4.67. The second kappa shape index (κ2) is 11.7. The molecule has 210 valence electrons. The van der Waals surface area contributed by atoms with Gasteiger partial charge in [0.15, 0.2) is 0 Å². The number of aromatic nitrogens is 2. The summed E-state index contributed by atoms with van der Waals surface area (Å²) in [6.45, 7) is 3.06. The number of rotatable bonds is 10. The lowest BCUT2D eigenvalue weighted by Crippen LogP contribution is -2.53. The lowest BCUT2D eigenvalue weighted by molar-refractivity contribution is -0.234. The van der Waals surface area contributed by atoms with Gasteiger partial charge < -0.3 is 24.8 Å². The van der Waals surface area contributed by atoms with Crippen molar-refractivity contribution in [1.82, 2.24) is 14.9 Å². The molecule has 5 rings (SSSR count). The zero-order valence-corrected chi connectivity index (χ0v) is 22.8. The van der Waals surface area contributed by atoms with E-state index in [2.05, 4.69) is 20.6 Å². The van der Waals surface area contributed by atoms with Crippen LogP contribution in [0.1, 0.15) is 19.8 Å². The number of halogens is 2. The summed E-state index contributed by atoms with van der Waals surface area (Å²) in [5.41, 5.74) is 1.59. The van der Waals surface area contributed by atoms with E-state index < -0.39 is 17.6 Å². The molecule has 2 aliphatic rings. The normalized spacial score (nSPS) is 19.6. The second-order valence-electron chi connectivity index (χ2n) is 9.97. The third-order valence-electron chi connectivity index (χ3n) is 6.61. The molecule has 2 heterocycles. The number of anilines is 3. The number of morpholine rings is 1. The Bertz CT molecular complexity index is 1470. The number of hydrogen-bond donors (Lipinski definition) is 2. The summed E-state index contributed by atoms with van der Waals surface area (Å²) >= 11 is 5.94. The van der Waals surface area contributed by atoms with Crippen LogP contribution in [0.3, 0.4) is 0 Å². The Balaban J connectivity index is 1.35. The highest BCUT2D eigenvalue weighted by Crippen LogP contribution is 2.36. The maximum absolute atomic E-state index is 13.6. The number of carbonyl (C=O) groups is 2. The van der Waals surface area contributed by atoms with Crippen LogP contribution in [0.2, 0.25) is 5.02 Å². The lowest BCUT2D eigenvalue weighted by atomic mass is 10.1. The van der Waals surface area contributed by atoms with E-state index in [1.807, 2.05) is 4.90 Å². The summed E-state index contributed by atoms with van der Waals surface area (Å²) < 4.78 is 30.2. The number of esters is 1. The van der Waals surface area contributed by atoms with Crippen molar-refractivity contribution in [3.8, 4) is 5.75 Å². The highest BCUT2D eigenvalue weighted by atomic mass is 35.5. The van der Waals surface area contributed by atoms with Gasteiger partial charge in [0.1, 0.15) is 23.7 Å². The molecule has 12 heteroatoms. The Labute approximate surface area is 235 Å². The van der Waals surface area contributed by atoms with Gasteiger partial charge in [-0.15, -0.1) is 0 Å². The molecule has 1 aliphatic heterocycles. The number of methoxy groups -OCH3 is 1. The summed E-state index contributed by atoms with van der Waals surface area (Å²) in [6.07, 6.45) is 6.71. The molecule has 0 radical (unpaired) electrons. The zero-order valence-electron chi connectivity index (χ0n) is 22.1. The number of nitrogens with one attached hydrogen (secondary N) is 2. The van der Waals surface area contributed by atoms with Gasteiger partial charge in [-0.05, 0) is 43.0 Å². The Morgan fingerprint density at radius 3 is 2.88 bits per heavy atom. The maximum Gasteiger partial charge on any atom is 0.322 e. The van der Waals surface area contributed by atoms with Gasteiger partial charge in [0, 0.05) is 43.8 Å². The van der Waals surface area contributed by atoms with Gasteiger partial charge in [-0.2, -0.15) is 0 Å². The number of fused-ring (bicyclic) bond motifs is 1. The molecule has 0 bridgehead atoms. The van der Waals surface area contributed by atoms with Crippen LogP contribution in [-0.2, 0) is 19.1 Å². The molecule has 1 saturated heterocycles. The quantitative estimate of drug-likeness (QED) is 0.265. The van der Waals surface area contributed by atoms with Crippen molar-refractivity contribution >= 4 is 51.6 Å². The van der Waals surface area contributed by atoms with E-state index in [0.717, 1.165) is 12.8 Å². The van der Waals surface area contributed by atoms with Crippen molar-refractivity contribution in [2.24, 2.45) is 5.92 Å². The fourth-order valence-electron chi connectivity index (χ4n) is 4.27. The van der Waals surface area contributed by atoms with E-state index in [0.29, 0.717) is 59.5 Å². The van der Waals surface area contributed by atoms with E-state index in [1.54, 1.807) is 31.2 Å². The Morgan fingerprint density at radius 1 is 1.30 bits per heavy atom. The topological polar surface area (TPSA) is 115 Å². The highest BCUT2D eigenvalue weighted by molar-refractivity contribution is 6.31. The molecule has 0 spiro atoms. The SMILES string of the molecule is CO[C@@]1(C)CN(CC=CC(=O)Nc2cc3c(Nc4ccc(F)c(Cl)c4)ncnc3cc2OCC2CC2)CC(=O)O1. The van der Waals surface area contributed by atoms with E-state index in [9.17, 15) is 14.0 Å². The molecule has 2 fully saturated rings. The van der Waals surface area contributed by atoms with Crippen LogP contribution in [0.5, 0.6) is 5.75 Å². The average molecular weight is 570 g/mol. The Kier molecular flexibility index (Phi) is 8.15. The van der Waals surface area contributed by atoms with Gasteiger partial charge in [-0.25, -0.2) is 14.4 Å². The summed E-state index contributed by atoms with van der Waals surface area (Å²) in [6, 6.07) is 7.77. The van der Waals surface area contributed by atoms with Gasteiger partial charge in [0.05, 0.1) is 35.9 Å². The van der Waals surface area contributed by atoms with Crippen molar-refractivity contribution in [2.75, 3.05) is 44.0 Å². The third-order valence-corrected chi connectivity index (χ3v) is 6.90.